The number of aryl methyl sites for hydroxylation is 2. The molecule has 0 saturated heterocycles. The van der Waals surface area contributed by atoms with Crippen molar-refractivity contribution in [3.8, 4) is 0 Å². The normalized spacial score (nSPS) is 14.3. The molecule has 38 heavy (non-hydrogen) atoms. The SMILES string of the molecule is Cc1ccc(C)c(C(C(=O)Nc2ccc3ccccc3c2)N(C(=O)CNC(=O)OC(C)(C)C)C2CCC2)c1. The highest BCUT2D eigenvalue weighted by Gasteiger charge is 2.39. The van der Waals surface area contributed by atoms with Crippen molar-refractivity contribution in [2.75, 3.05) is 11.9 Å². The van der Waals surface area contributed by atoms with Gasteiger partial charge in [0.2, 0.25) is 5.91 Å². The van der Waals surface area contributed by atoms with Gasteiger partial charge in [-0.05, 0) is 87.9 Å². The van der Waals surface area contributed by atoms with Gasteiger partial charge in [-0.15, -0.1) is 0 Å². The highest BCUT2D eigenvalue weighted by Crippen LogP contribution is 2.35. The molecule has 7 heteroatoms. The summed E-state index contributed by atoms with van der Waals surface area (Å²) >= 11 is 0. The number of carbonyl (C=O) groups is 3. The number of nitrogens with zero attached hydrogens (tertiary/aromatic N) is 1. The van der Waals surface area contributed by atoms with Gasteiger partial charge in [-0.3, -0.25) is 9.59 Å². The van der Waals surface area contributed by atoms with E-state index in [-0.39, 0.29) is 24.4 Å². The van der Waals surface area contributed by atoms with Crippen molar-refractivity contribution in [1.82, 2.24) is 10.2 Å². The monoisotopic (exact) mass is 515 g/mol. The maximum absolute atomic E-state index is 14.0. The zero-order valence-corrected chi connectivity index (χ0v) is 22.8. The Bertz CT molecular complexity index is 1340. The smallest absolute Gasteiger partial charge is 0.408 e. The molecular formula is C31H37N3O4. The van der Waals surface area contributed by atoms with E-state index in [0.717, 1.165) is 46.7 Å². The van der Waals surface area contributed by atoms with Crippen LogP contribution in [0.2, 0.25) is 0 Å². The molecule has 0 aliphatic heterocycles. The Labute approximate surface area is 224 Å². The average Bonchev–Trinajstić information content (AvgIpc) is 2.82. The number of hydrogen-bond donors (Lipinski definition) is 2. The molecule has 200 valence electrons. The van der Waals surface area contributed by atoms with Crippen molar-refractivity contribution >= 4 is 34.4 Å². The van der Waals surface area contributed by atoms with Gasteiger partial charge in [0.05, 0.1) is 0 Å². The molecule has 3 aromatic rings. The highest BCUT2D eigenvalue weighted by molar-refractivity contribution is 6.00. The van der Waals surface area contributed by atoms with Crippen molar-refractivity contribution in [3.63, 3.8) is 0 Å². The molecule has 0 bridgehead atoms. The van der Waals surface area contributed by atoms with Crippen LogP contribution in [0.3, 0.4) is 0 Å². The van der Waals surface area contributed by atoms with E-state index in [9.17, 15) is 14.4 Å². The van der Waals surface area contributed by atoms with E-state index in [1.54, 1.807) is 25.7 Å². The maximum atomic E-state index is 14.0. The topological polar surface area (TPSA) is 87.7 Å². The highest BCUT2D eigenvalue weighted by atomic mass is 16.6. The first-order valence-corrected chi connectivity index (χ1v) is 13.2. The number of alkyl carbamates (subject to hydrolysis) is 1. The first-order chi connectivity index (χ1) is 18.0. The summed E-state index contributed by atoms with van der Waals surface area (Å²) in [6, 6.07) is 18.8. The van der Waals surface area contributed by atoms with Crippen LogP contribution in [0.4, 0.5) is 10.5 Å². The van der Waals surface area contributed by atoms with Crippen molar-refractivity contribution in [3.05, 3.63) is 77.4 Å². The molecule has 0 radical (unpaired) electrons. The van der Waals surface area contributed by atoms with Gasteiger partial charge in [-0.2, -0.15) is 0 Å². The second-order valence-corrected chi connectivity index (χ2v) is 11.1. The molecule has 0 aromatic heterocycles. The van der Waals surface area contributed by atoms with Crippen LogP contribution >= 0.6 is 0 Å². The number of rotatable bonds is 7. The predicted molar refractivity (Wildman–Crippen MR) is 150 cm³/mol. The molecule has 3 amide bonds. The minimum atomic E-state index is -0.848. The Hall–Kier alpha value is -3.87. The first-order valence-electron chi connectivity index (χ1n) is 13.2. The molecule has 1 saturated carbocycles. The van der Waals surface area contributed by atoms with Gasteiger partial charge in [-0.1, -0.05) is 54.1 Å². The minimum Gasteiger partial charge on any atom is -0.444 e. The molecular weight excluding hydrogens is 478 g/mol. The van der Waals surface area contributed by atoms with E-state index >= 15 is 0 Å². The molecule has 7 nitrogen and oxygen atoms in total. The standard InChI is InChI=1S/C31H37N3O4/c1-20-13-14-21(2)26(17-20)28(29(36)33-24-16-15-22-9-6-7-10-23(22)18-24)34(25-11-8-12-25)27(35)19-32-30(37)38-31(3,4)5/h6-7,9-10,13-18,25,28H,8,11-12,19H2,1-5H3,(H,32,37)(H,33,36). The Morgan fingerprint density at radius 3 is 2.34 bits per heavy atom. The quantitative estimate of drug-likeness (QED) is 0.401. The van der Waals surface area contributed by atoms with Crippen LogP contribution in [0.15, 0.2) is 60.7 Å². The van der Waals surface area contributed by atoms with Gasteiger partial charge in [0.25, 0.3) is 5.91 Å². The molecule has 0 heterocycles. The van der Waals surface area contributed by atoms with E-state index < -0.39 is 17.7 Å². The van der Waals surface area contributed by atoms with Gasteiger partial charge in [0.15, 0.2) is 0 Å². The lowest BCUT2D eigenvalue weighted by Gasteiger charge is -2.42. The predicted octanol–water partition coefficient (Wildman–Crippen LogP) is 6.04. The second-order valence-electron chi connectivity index (χ2n) is 11.1. The summed E-state index contributed by atoms with van der Waals surface area (Å²) in [7, 11) is 0. The molecule has 0 spiro atoms. The van der Waals surface area contributed by atoms with Gasteiger partial charge in [0, 0.05) is 11.7 Å². The summed E-state index contributed by atoms with van der Waals surface area (Å²) in [6.45, 7) is 8.97. The zero-order valence-electron chi connectivity index (χ0n) is 22.8. The van der Waals surface area contributed by atoms with Crippen LogP contribution in [0.1, 0.15) is 62.8 Å². The lowest BCUT2D eigenvalue weighted by atomic mass is 9.87. The number of ether oxygens (including phenoxy) is 1. The van der Waals surface area contributed by atoms with Gasteiger partial charge >= 0.3 is 6.09 Å². The van der Waals surface area contributed by atoms with E-state index in [1.807, 2.05) is 74.5 Å². The molecule has 1 atom stereocenters. The van der Waals surface area contributed by atoms with E-state index in [2.05, 4.69) is 10.6 Å². The lowest BCUT2D eigenvalue weighted by Crippen LogP contribution is -2.53. The number of fused-ring (bicyclic) bond motifs is 1. The summed E-state index contributed by atoms with van der Waals surface area (Å²) in [5.74, 6) is -0.605. The molecule has 2 N–H and O–H groups in total. The van der Waals surface area contributed by atoms with E-state index in [4.69, 9.17) is 4.74 Å². The number of benzene rings is 3. The van der Waals surface area contributed by atoms with E-state index in [1.165, 1.54) is 0 Å². The molecule has 3 aromatic carbocycles. The molecule has 1 aliphatic carbocycles. The van der Waals surface area contributed by atoms with Crippen LogP contribution in [0.25, 0.3) is 10.8 Å². The summed E-state index contributed by atoms with van der Waals surface area (Å²) in [6.07, 6.45) is 1.94. The number of anilines is 1. The summed E-state index contributed by atoms with van der Waals surface area (Å²) < 4.78 is 5.31. The maximum Gasteiger partial charge on any atom is 0.408 e. The van der Waals surface area contributed by atoms with Gasteiger partial charge in [0.1, 0.15) is 18.2 Å². The summed E-state index contributed by atoms with van der Waals surface area (Å²) in [5, 5.41) is 7.74. The van der Waals surface area contributed by atoms with Crippen molar-refractivity contribution < 1.29 is 19.1 Å². The second kappa shape index (κ2) is 11.3. The number of hydrogen-bond acceptors (Lipinski definition) is 4. The van der Waals surface area contributed by atoms with Crippen molar-refractivity contribution in [1.29, 1.82) is 0 Å². The molecule has 1 unspecified atom stereocenters. The molecule has 1 fully saturated rings. The fraction of sp³-hybridized carbons (Fsp3) is 0.387. The Morgan fingerprint density at radius 2 is 1.68 bits per heavy atom. The summed E-state index contributed by atoms with van der Waals surface area (Å²) in [5.41, 5.74) is 2.69. The largest absolute Gasteiger partial charge is 0.444 e. The molecule has 4 rings (SSSR count). The van der Waals surface area contributed by atoms with Crippen LogP contribution in [-0.4, -0.2) is 41.0 Å². The lowest BCUT2D eigenvalue weighted by molar-refractivity contribution is -0.143. The first kappa shape index (κ1) is 27.2. The van der Waals surface area contributed by atoms with Crippen LogP contribution in [0, 0.1) is 13.8 Å². The Kier molecular flexibility index (Phi) is 8.05. The minimum absolute atomic E-state index is 0.0878. The fourth-order valence-electron chi connectivity index (χ4n) is 4.73. The van der Waals surface area contributed by atoms with E-state index in [0.29, 0.717) is 5.69 Å². The van der Waals surface area contributed by atoms with Crippen LogP contribution in [0.5, 0.6) is 0 Å². The third-order valence-corrected chi connectivity index (χ3v) is 6.81. The number of amides is 3. The van der Waals surface area contributed by atoms with Gasteiger partial charge in [-0.25, -0.2) is 4.79 Å². The van der Waals surface area contributed by atoms with Crippen molar-refractivity contribution in [2.24, 2.45) is 0 Å². The van der Waals surface area contributed by atoms with Crippen LogP contribution < -0.4 is 10.6 Å². The zero-order chi connectivity index (χ0) is 27.4. The Balaban J connectivity index is 1.66. The number of carbonyl (C=O) groups excluding carboxylic acids is 3. The third kappa shape index (κ3) is 6.52. The van der Waals surface area contributed by atoms with Gasteiger partial charge < -0.3 is 20.3 Å². The Morgan fingerprint density at radius 1 is 0.974 bits per heavy atom. The van der Waals surface area contributed by atoms with Crippen molar-refractivity contribution in [2.45, 2.75) is 71.6 Å². The molecule has 1 aliphatic rings. The fourth-order valence-corrected chi connectivity index (χ4v) is 4.73. The number of nitrogens with one attached hydrogen (secondary N) is 2. The third-order valence-electron chi connectivity index (χ3n) is 6.81. The average molecular weight is 516 g/mol. The summed E-state index contributed by atoms with van der Waals surface area (Å²) in [4.78, 5) is 41.6. The van der Waals surface area contributed by atoms with Crippen LogP contribution in [-0.2, 0) is 14.3 Å².